The lowest BCUT2D eigenvalue weighted by Gasteiger charge is -2.05. The van der Waals surface area contributed by atoms with E-state index in [0.717, 1.165) is 5.56 Å². The van der Waals surface area contributed by atoms with Gasteiger partial charge in [0.15, 0.2) is 0 Å². The Morgan fingerprint density at radius 1 is 1.47 bits per heavy atom. The molecular formula is C10H11NO4. The highest BCUT2D eigenvalue weighted by molar-refractivity contribution is 5.69. The van der Waals surface area contributed by atoms with Gasteiger partial charge in [0.1, 0.15) is 0 Å². The van der Waals surface area contributed by atoms with Crippen molar-refractivity contribution < 1.29 is 14.8 Å². The molecule has 0 bridgehead atoms. The second-order valence-electron chi connectivity index (χ2n) is 3.37. The molecule has 0 aliphatic heterocycles. The van der Waals surface area contributed by atoms with Crippen LogP contribution in [-0.4, -0.2) is 16.0 Å². The fourth-order valence-electron chi connectivity index (χ4n) is 1.19. The third-order valence-electron chi connectivity index (χ3n) is 2.11. The summed E-state index contributed by atoms with van der Waals surface area (Å²) in [7, 11) is 0. The molecule has 1 atom stereocenters. The highest BCUT2D eigenvalue weighted by Gasteiger charge is 2.12. The molecule has 0 heterocycles. The van der Waals surface area contributed by atoms with E-state index in [2.05, 4.69) is 0 Å². The predicted molar refractivity (Wildman–Crippen MR) is 53.6 cm³/mol. The highest BCUT2D eigenvalue weighted by atomic mass is 16.6. The average molecular weight is 209 g/mol. The van der Waals surface area contributed by atoms with Gasteiger partial charge < -0.3 is 5.11 Å². The molecule has 15 heavy (non-hydrogen) atoms. The second-order valence-corrected chi connectivity index (χ2v) is 3.37. The van der Waals surface area contributed by atoms with Crippen molar-refractivity contribution in [2.45, 2.75) is 13.3 Å². The van der Waals surface area contributed by atoms with E-state index < -0.39 is 16.8 Å². The Balaban J connectivity index is 2.72. The molecule has 1 rings (SSSR count). The van der Waals surface area contributed by atoms with Crippen LogP contribution in [0.4, 0.5) is 5.69 Å². The number of rotatable bonds is 4. The van der Waals surface area contributed by atoms with Crippen molar-refractivity contribution in [3.05, 3.63) is 39.9 Å². The Kier molecular flexibility index (Phi) is 3.38. The summed E-state index contributed by atoms with van der Waals surface area (Å²) in [6, 6.07) is 5.92. The van der Waals surface area contributed by atoms with Gasteiger partial charge in [-0.2, -0.15) is 0 Å². The molecule has 1 N–H and O–H groups in total. The van der Waals surface area contributed by atoms with Crippen LogP contribution in [0.25, 0.3) is 0 Å². The number of non-ortho nitro benzene ring substituents is 1. The zero-order chi connectivity index (χ0) is 11.4. The normalized spacial score (nSPS) is 12.1. The molecule has 0 saturated heterocycles. The summed E-state index contributed by atoms with van der Waals surface area (Å²) < 4.78 is 0. The number of nitro groups is 1. The van der Waals surface area contributed by atoms with Gasteiger partial charge in [0, 0.05) is 12.1 Å². The number of carboxylic acid groups (broad SMARTS) is 1. The van der Waals surface area contributed by atoms with Crippen LogP contribution in [0.5, 0.6) is 0 Å². The first kappa shape index (κ1) is 11.2. The molecule has 0 saturated carbocycles. The van der Waals surface area contributed by atoms with Gasteiger partial charge >= 0.3 is 5.97 Å². The van der Waals surface area contributed by atoms with E-state index >= 15 is 0 Å². The van der Waals surface area contributed by atoms with Crippen LogP contribution in [0.2, 0.25) is 0 Å². The summed E-state index contributed by atoms with van der Waals surface area (Å²) in [6.07, 6.45) is 0.382. The van der Waals surface area contributed by atoms with Gasteiger partial charge in [-0.25, -0.2) is 0 Å². The minimum Gasteiger partial charge on any atom is -0.481 e. The van der Waals surface area contributed by atoms with Crippen molar-refractivity contribution in [2.24, 2.45) is 5.92 Å². The maximum atomic E-state index is 10.6. The Morgan fingerprint density at radius 2 is 2.00 bits per heavy atom. The number of carboxylic acids is 1. The Hall–Kier alpha value is -1.91. The summed E-state index contributed by atoms with van der Waals surface area (Å²) in [4.78, 5) is 20.4. The molecule has 1 aromatic rings. The first-order valence-electron chi connectivity index (χ1n) is 4.47. The molecule has 5 heteroatoms. The number of hydrogen-bond donors (Lipinski definition) is 1. The lowest BCUT2D eigenvalue weighted by atomic mass is 10.0. The van der Waals surface area contributed by atoms with Crippen molar-refractivity contribution >= 4 is 11.7 Å². The zero-order valence-corrected chi connectivity index (χ0v) is 8.21. The maximum Gasteiger partial charge on any atom is 0.306 e. The molecule has 0 aromatic heterocycles. The SMILES string of the molecule is CC(Cc1ccc([N+](=O)[O-])cc1)C(=O)O. The summed E-state index contributed by atoms with van der Waals surface area (Å²) in [5.74, 6) is -1.35. The third kappa shape index (κ3) is 3.05. The number of hydrogen-bond acceptors (Lipinski definition) is 3. The van der Waals surface area contributed by atoms with Crippen molar-refractivity contribution in [3.63, 3.8) is 0 Å². The summed E-state index contributed by atoms with van der Waals surface area (Å²) in [5, 5.41) is 19.0. The van der Waals surface area contributed by atoms with Gasteiger partial charge in [0.2, 0.25) is 0 Å². The van der Waals surface area contributed by atoms with Crippen LogP contribution in [0.1, 0.15) is 12.5 Å². The lowest BCUT2D eigenvalue weighted by Crippen LogP contribution is -2.12. The molecule has 0 radical (unpaired) electrons. The predicted octanol–water partition coefficient (Wildman–Crippen LogP) is 1.86. The fourth-order valence-corrected chi connectivity index (χ4v) is 1.19. The van der Waals surface area contributed by atoms with Crippen molar-refractivity contribution in [2.75, 3.05) is 0 Å². The molecule has 0 amide bonds. The van der Waals surface area contributed by atoms with E-state index in [4.69, 9.17) is 5.11 Å². The quantitative estimate of drug-likeness (QED) is 0.606. The molecule has 0 aliphatic carbocycles. The number of benzene rings is 1. The number of nitro benzene ring substituents is 1. The standard InChI is InChI=1S/C10H11NO4/c1-7(10(12)13)6-8-2-4-9(5-3-8)11(14)15/h2-5,7H,6H2,1H3,(H,12,13). The first-order chi connectivity index (χ1) is 7.00. The average Bonchev–Trinajstić information content (AvgIpc) is 2.18. The molecule has 5 nitrogen and oxygen atoms in total. The van der Waals surface area contributed by atoms with E-state index in [1.165, 1.54) is 12.1 Å². The van der Waals surface area contributed by atoms with Crippen LogP contribution in [0.3, 0.4) is 0 Å². The minimum absolute atomic E-state index is 0.0155. The van der Waals surface area contributed by atoms with Gasteiger partial charge in [0.05, 0.1) is 10.8 Å². The molecule has 80 valence electrons. The third-order valence-corrected chi connectivity index (χ3v) is 2.11. The van der Waals surface area contributed by atoms with E-state index in [-0.39, 0.29) is 5.69 Å². The van der Waals surface area contributed by atoms with Crippen LogP contribution in [-0.2, 0) is 11.2 Å². The molecule has 1 aromatic carbocycles. The number of nitrogens with zero attached hydrogens (tertiary/aromatic N) is 1. The van der Waals surface area contributed by atoms with Crippen LogP contribution >= 0.6 is 0 Å². The van der Waals surface area contributed by atoms with Crippen molar-refractivity contribution in [1.29, 1.82) is 0 Å². The Bertz CT molecular complexity index is 372. The lowest BCUT2D eigenvalue weighted by molar-refractivity contribution is -0.384. The van der Waals surface area contributed by atoms with E-state index in [0.29, 0.717) is 6.42 Å². The maximum absolute atomic E-state index is 10.6. The Morgan fingerprint density at radius 3 is 2.40 bits per heavy atom. The molecule has 1 unspecified atom stereocenters. The number of aliphatic carboxylic acids is 1. The smallest absolute Gasteiger partial charge is 0.306 e. The molecule has 0 aliphatic rings. The molecular weight excluding hydrogens is 198 g/mol. The van der Waals surface area contributed by atoms with Gasteiger partial charge in [-0.05, 0) is 12.0 Å². The van der Waals surface area contributed by atoms with Gasteiger partial charge in [-0.1, -0.05) is 19.1 Å². The van der Waals surface area contributed by atoms with Gasteiger partial charge in [-0.15, -0.1) is 0 Å². The number of carbonyl (C=O) groups is 1. The fraction of sp³-hybridized carbons (Fsp3) is 0.300. The van der Waals surface area contributed by atoms with Crippen LogP contribution in [0, 0.1) is 16.0 Å². The van der Waals surface area contributed by atoms with Crippen molar-refractivity contribution in [1.82, 2.24) is 0 Å². The highest BCUT2D eigenvalue weighted by Crippen LogP contribution is 2.14. The van der Waals surface area contributed by atoms with Crippen molar-refractivity contribution in [3.8, 4) is 0 Å². The topological polar surface area (TPSA) is 80.4 Å². The Labute approximate surface area is 86.5 Å². The summed E-state index contributed by atoms with van der Waals surface area (Å²) >= 11 is 0. The van der Waals surface area contributed by atoms with Gasteiger partial charge in [-0.3, -0.25) is 14.9 Å². The van der Waals surface area contributed by atoms with Crippen LogP contribution in [0.15, 0.2) is 24.3 Å². The van der Waals surface area contributed by atoms with Crippen LogP contribution < -0.4 is 0 Å². The summed E-state index contributed by atoms with van der Waals surface area (Å²) in [5.41, 5.74) is 0.803. The first-order valence-corrected chi connectivity index (χ1v) is 4.47. The van der Waals surface area contributed by atoms with E-state index in [1.807, 2.05) is 0 Å². The summed E-state index contributed by atoms with van der Waals surface area (Å²) in [6.45, 7) is 1.60. The molecule has 0 spiro atoms. The van der Waals surface area contributed by atoms with E-state index in [9.17, 15) is 14.9 Å². The molecule has 0 fully saturated rings. The largest absolute Gasteiger partial charge is 0.481 e. The monoisotopic (exact) mass is 209 g/mol. The zero-order valence-electron chi connectivity index (χ0n) is 8.21. The minimum atomic E-state index is -0.867. The van der Waals surface area contributed by atoms with E-state index in [1.54, 1.807) is 19.1 Å². The second kappa shape index (κ2) is 4.54. The van der Waals surface area contributed by atoms with Gasteiger partial charge in [0.25, 0.3) is 5.69 Å².